The summed E-state index contributed by atoms with van der Waals surface area (Å²) in [4.78, 5) is 11.9. The quantitative estimate of drug-likeness (QED) is 0.716. The molecule has 1 atom stereocenters. The van der Waals surface area contributed by atoms with Crippen LogP contribution >= 0.6 is 0 Å². The molecular formula is C15H24N2O3. The van der Waals surface area contributed by atoms with E-state index in [0.717, 1.165) is 17.7 Å². The molecule has 3 N–H and O–H groups in total. The monoisotopic (exact) mass is 280 g/mol. The first-order chi connectivity index (χ1) is 9.53. The molecular weight excluding hydrogens is 256 g/mol. The second-order valence-electron chi connectivity index (χ2n) is 5.05. The lowest BCUT2D eigenvalue weighted by Crippen LogP contribution is -2.50. The van der Waals surface area contributed by atoms with E-state index in [4.69, 9.17) is 9.84 Å². The van der Waals surface area contributed by atoms with E-state index >= 15 is 0 Å². The lowest BCUT2D eigenvalue weighted by atomic mass is 9.95. The minimum atomic E-state index is -0.382. The SMILES string of the molecule is CCC(C)(CCO)NC(=O)NCc1cccc(OC)c1. The number of methoxy groups -OCH3 is 1. The average Bonchev–Trinajstić information content (AvgIpc) is 2.45. The van der Waals surface area contributed by atoms with Gasteiger partial charge in [-0.15, -0.1) is 0 Å². The van der Waals surface area contributed by atoms with Gasteiger partial charge in [-0.2, -0.15) is 0 Å². The summed E-state index contributed by atoms with van der Waals surface area (Å²) in [5.41, 5.74) is 0.590. The molecule has 1 rings (SSSR count). The highest BCUT2D eigenvalue weighted by Gasteiger charge is 2.23. The molecule has 0 aromatic heterocycles. The predicted octanol–water partition coefficient (Wildman–Crippen LogP) is 2.05. The van der Waals surface area contributed by atoms with Gasteiger partial charge in [-0.1, -0.05) is 19.1 Å². The van der Waals surface area contributed by atoms with Crippen LogP contribution in [0.5, 0.6) is 5.75 Å². The van der Waals surface area contributed by atoms with Crippen molar-refractivity contribution in [3.8, 4) is 5.75 Å². The standard InChI is InChI=1S/C15H24N2O3/c1-4-15(2,8-9-18)17-14(19)16-11-12-6-5-7-13(10-12)20-3/h5-7,10,18H,4,8-9,11H2,1-3H3,(H2,16,17,19). The summed E-state index contributed by atoms with van der Waals surface area (Å²) in [7, 11) is 1.61. The number of hydrogen-bond donors (Lipinski definition) is 3. The van der Waals surface area contributed by atoms with Gasteiger partial charge in [-0.3, -0.25) is 0 Å². The number of rotatable bonds is 7. The molecule has 0 saturated heterocycles. The molecule has 0 aliphatic carbocycles. The number of urea groups is 1. The van der Waals surface area contributed by atoms with Crippen LogP contribution in [0, 0.1) is 0 Å². The third-order valence-electron chi connectivity index (χ3n) is 3.45. The molecule has 1 unspecified atom stereocenters. The van der Waals surface area contributed by atoms with Gasteiger partial charge < -0.3 is 20.5 Å². The van der Waals surface area contributed by atoms with Gasteiger partial charge in [0.2, 0.25) is 0 Å². The highest BCUT2D eigenvalue weighted by molar-refractivity contribution is 5.74. The van der Waals surface area contributed by atoms with Crippen molar-refractivity contribution in [3.05, 3.63) is 29.8 Å². The Morgan fingerprint density at radius 3 is 2.80 bits per heavy atom. The lowest BCUT2D eigenvalue weighted by molar-refractivity contribution is 0.200. The maximum atomic E-state index is 11.9. The summed E-state index contributed by atoms with van der Waals surface area (Å²) in [6, 6.07) is 7.32. The molecule has 0 spiro atoms. The smallest absolute Gasteiger partial charge is 0.315 e. The Bertz CT molecular complexity index is 437. The first-order valence-corrected chi connectivity index (χ1v) is 6.83. The molecule has 0 fully saturated rings. The van der Waals surface area contributed by atoms with E-state index in [-0.39, 0.29) is 18.2 Å². The van der Waals surface area contributed by atoms with Crippen molar-refractivity contribution in [1.82, 2.24) is 10.6 Å². The molecule has 5 nitrogen and oxygen atoms in total. The summed E-state index contributed by atoms with van der Waals surface area (Å²) in [5, 5.41) is 14.7. The molecule has 0 heterocycles. The zero-order chi connectivity index (χ0) is 15.0. The summed E-state index contributed by atoms with van der Waals surface area (Å²) >= 11 is 0. The van der Waals surface area contributed by atoms with Gasteiger partial charge in [0.1, 0.15) is 5.75 Å². The summed E-state index contributed by atoms with van der Waals surface area (Å²) < 4.78 is 5.14. The third kappa shape index (κ3) is 5.09. The molecule has 1 aromatic rings. The van der Waals surface area contributed by atoms with Crippen molar-refractivity contribution in [3.63, 3.8) is 0 Å². The second-order valence-corrected chi connectivity index (χ2v) is 5.05. The minimum Gasteiger partial charge on any atom is -0.497 e. The zero-order valence-electron chi connectivity index (χ0n) is 12.4. The van der Waals surface area contributed by atoms with Crippen LogP contribution in [-0.2, 0) is 6.54 Å². The van der Waals surface area contributed by atoms with E-state index in [1.807, 2.05) is 38.1 Å². The summed E-state index contributed by atoms with van der Waals surface area (Å²) in [5.74, 6) is 0.767. The van der Waals surface area contributed by atoms with Crippen LogP contribution in [0.25, 0.3) is 0 Å². The van der Waals surface area contributed by atoms with Crippen molar-refractivity contribution < 1.29 is 14.6 Å². The van der Waals surface area contributed by atoms with Gasteiger partial charge >= 0.3 is 6.03 Å². The van der Waals surface area contributed by atoms with Gasteiger partial charge in [-0.05, 0) is 37.5 Å². The van der Waals surface area contributed by atoms with E-state index in [0.29, 0.717) is 13.0 Å². The van der Waals surface area contributed by atoms with Crippen molar-refractivity contribution in [2.75, 3.05) is 13.7 Å². The molecule has 0 bridgehead atoms. The topological polar surface area (TPSA) is 70.6 Å². The molecule has 0 aliphatic rings. The number of nitrogens with one attached hydrogen (secondary N) is 2. The molecule has 5 heteroatoms. The van der Waals surface area contributed by atoms with E-state index in [1.54, 1.807) is 7.11 Å². The van der Waals surface area contributed by atoms with Crippen molar-refractivity contribution >= 4 is 6.03 Å². The number of carbonyl (C=O) groups excluding carboxylic acids is 1. The average molecular weight is 280 g/mol. The number of aliphatic hydroxyl groups excluding tert-OH is 1. The lowest BCUT2D eigenvalue weighted by Gasteiger charge is -2.29. The summed E-state index contributed by atoms with van der Waals surface area (Å²) in [6.45, 7) is 4.40. The minimum absolute atomic E-state index is 0.0561. The summed E-state index contributed by atoms with van der Waals surface area (Å²) in [6.07, 6.45) is 1.30. The fourth-order valence-corrected chi connectivity index (χ4v) is 1.86. The molecule has 112 valence electrons. The van der Waals surface area contributed by atoms with Gasteiger partial charge in [-0.25, -0.2) is 4.79 Å². The van der Waals surface area contributed by atoms with Crippen LogP contribution in [0.15, 0.2) is 24.3 Å². The van der Waals surface area contributed by atoms with Crippen LogP contribution in [0.3, 0.4) is 0 Å². The molecule has 0 aliphatic heterocycles. The third-order valence-corrected chi connectivity index (χ3v) is 3.45. The van der Waals surface area contributed by atoms with Gasteiger partial charge in [0.05, 0.1) is 7.11 Å². The van der Waals surface area contributed by atoms with Gasteiger partial charge in [0.25, 0.3) is 0 Å². The van der Waals surface area contributed by atoms with Crippen LogP contribution < -0.4 is 15.4 Å². The van der Waals surface area contributed by atoms with Crippen LogP contribution in [0.2, 0.25) is 0 Å². The molecule has 1 aromatic carbocycles. The Labute approximate surface area is 120 Å². The van der Waals surface area contributed by atoms with Crippen LogP contribution in [0.1, 0.15) is 32.3 Å². The number of hydrogen-bond acceptors (Lipinski definition) is 3. The number of benzene rings is 1. The highest BCUT2D eigenvalue weighted by Crippen LogP contribution is 2.14. The number of carbonyl (C=O) groups is 1. The van der Waals surface area contributed by atoms with Crippen molar-refractivity contribution in [2.45, 2.75) is 38.8 Å². The van der Waals surface area contributed by atoms with E-state index in [9.17, 15) is 4.79 Å². The first kappa shape index (κ1) is 16.3. The van der Waals surface area contributed by atoms with Crippen LogP contribution in [0.4, 0.5) is 4.79 Å². The van der Waals surface area contributed by atoms with Gasteiger partial charge in [0.15, 0.2) is 0 Å². The Morgan fingerprint density at radius 1 is 1.45 bits per heavy atom. The van der Waals surface area contributed by atoms with Crippen LogP contribution in [-0.4, -0.2) is 30.4 Å². The Hall–Kier alpha value is -1.75. The second kappa shape index (κ2) is 7.75. The van der Waals surface area contributed by atoms with Crippen molar-refractivity contribution in [2.24, 2.45) is 0 Å². The van der Waals surface area contributed by atoms with E-state index in [2.05, 4.69) is 10.6 Å². The fourth-order valence-electron chi connectivity index (χ4n) is 1.86. The normalized spacial score (nSPS) is 13.4. The molecule has 0 saturated carbocycles. The Morgan fingerprint density at radius 2 is 2.20 bits per heavy atom. The largest absolute Gasteiger partial charge is 0.497 e. The Kier molecular flexibility index (Phi) is 6.31. The van der Waals surface area contributed by atoms with Gasteiger partial charge in [0, 0.05) is 18.7 Å². The maximum Gasteiger partial charge on any atom is 0.315 e. The number of ether oxygens (including phenoxy) is 1. The predicted molar refractivity (Wildman–Crippen MR) is 78.8 cm³/mol. The highest BCUT2D eigenvalue weighted by atomic mass is 16.5. The first-order valence-electron chi connectivity index (χ1n) is 6.83. The Balaban J connectivity index is 2.50. The van der Waals surface area contributed by atoms with Crippen molar-refractivity contribution in [1.29, 1.82) is 0 Å². The number of amides is 2. The zero-order valence-corrected chi connectivity index (χ0v) is 12.4. The molecule has 0 radical (unpaired) electrons. The molecule has 2 amide bonds. The van der Waals surface area contributed by atoms with E-state index < -0.39 is 0 Å². The number of aliphatic hydroxyl groups is 1. The molecule has 20 heavy (non-hydrogen) atoms. The maximum absolute atomic E-state index is 11.9. The fraction of sp³-hybridized carbons (Fsp3) is 0.533. The van der Waals surface area contributed by atoms with E-state index in [1.165, 1.54) is 0 Å².